The topological polar surface area (TPSA) is 496 Å². The first kappa shape index (κ1) is 65.6. The lowest BCUT2D eigenvalue weighted by atomic mass is 9.99. The Hall–Kier alpha value is -7.43. The van der Waals surface area contributed by atoms with Crippen LogP contribution < -0.4 is 71.2 Å². The Labute approximate surface area is 435 Å². The minimum atomic E-state index is -1.72. The molecule has 9 amide bonds. The number of hydrogen-bond donors (Lipinski definition) is 16. The molecular formula is C46H80N16O13. The molecule has 0 saturated heterocycles. The SMILES string of the molecule is CC(C)C[C@H](NC(=O)[C@H](CCCCN)NC(=O)[C@@H](NC(=O)[C@H](Cc1cnc[nH]1)NC(=O)[C@H](CCCN=C(N)N)NC(=O)[C@H](C)N)C(C)C)C(=O)N[C@@H](CC(N)=O)C(=O)N[C@H](C(=O)N[C@@H](CCC(=O)O)C(=O)O)C(C)C. The normalized spacial score (nSPS) is 14.8. The van der Waals surface area contributed by atoms with Gasteiger partial charge in [-0.3, -0.25) is 52.9 Å². The van der Waals surface area contributed by atoms with E-state index in [1.54, 1.807) is 27.7 Å². The molecule has 1 rings (SSSR count). The summed E-state index contributed by atoms with van der Waals surface area (Å²) in [6.07, 6.45) is 1.81. The Kier molecular flexibility index (Phi) is 29.2. The van der Waals surface area contributed by atoms with Crippen LogP contribution in [0.4, 0.5) is 0 Å². The number of hydrogen-bond acceptors (Lipinski definition) is 15. The van der Waals surface area contributed by atoms with E-state index in [4.69, 9.17) is 33.8 Å². The van der Waals surface area contributed by atoms with Crippen LogP contribution in [0.25, 0.3) is 0 Å². The lowest BCUT2D eigenvalue weighted by molar-refractivity contribution is -0.144. The van der Waals surface area contributed by atoms with E-state index in [1.807, 2.05) is 0 Å². The molecule has 75 heavy (non-hydrogen) atoms. The molecule has 0 aliphatic carbocycles. The largest absolute Gasteiger partial charge is 0.481 e. The lowest BCUT2D eigenvalue weighted by Gasteiger charge is -2.29. The number of aliphatic imine (C=N–C) groups is 1. The van der Waals surface area contributed by atoms with Crippen LogP contribution in [0.15, 0.2) is 17.5 Å². The molecule has 0 unspecified atom stereocenters. The predicted octanol–water partition coefficient (Wildman–Crippen LogP) is -4.46. The molecular weight excluding hydrogens is 985 g/mol. The van der Waals surface area contributed by atoms with Crippen molar-refractivity contribution in [3.05, 3.63) is 18.2 Å². The van der Waals surface area contributed by atoms with Crippen LogP contribution in [-0.4, -0.2) is 159 Å². The second-order valence-electron chi connectivity index (χ2n) is 19.2. The van der Waals surface area contributed by atoms with Crippen molar-refractivity contribution < 1.29 is 63.0 Å². The van der Waals surface area contributed by atoms with Gasteiger partial charge in [0.25, 0.3) is 0 Å². The van der Waals surface area contributed by atoms with Gasteiger partial charge < -0.3 is 86.4 Å². The second kappa shape index (κ2) is 33.4. The number of H-pyrrole nitrogens is 1. The van der Waals surface area contributed by atoms with Crippen molar-refractivity contribution in [1.29, 1.82) is 0 Å². The van der Waals surface area contributed by atoms with E-state index in [-0.39, 0.29) is 57.1 Å². The average molecular weight is 1070 g/mol. The Morgan fingerprint density at radius 1 is 0.587 bits per heavy atom. The van der Waals surface area contributed by atoms with Crippen molar-refractivity contribution in [2.75, 3.05) is 13.1 Å². The number of imidazole rings is 1. The quantitative estimate of drug-likeness (QED) is 0.0171. The van der Waals surface area contributed by atoms with Gasteiger partial charge in [0, 0.05) is 31.3 Å². The van der Waals surface area contributed by atoms with Crippen LogP contribution >= 0.6 is 0 Å². The van der Waals surface area contributed by atoms with E-state index in [1.165, 1.54) is 33.3 Å². The summed E-state index contributed by atoms with van der Waals surface area (Å²) in [5, 5.41) is 38.8. The number of nitrogens with two attached hydrogens (primary N) is 5. The number of aromatic nitrogens is 2. The van der Waals surface area contributed by atoms with Crippen LogP contribution in [0.5, 0.6) is 0 Å². The number of aliphatic carboxylic acids is 2. The van der Waals surface area contributed by atoms with E-state index >= 15 is 0 Å². The van der Waals surface area contributed by atoms with Crippen molar-refractivity contribution in [3.8, 4) is 0 Å². The molecule has 1 aromatic heterocycles. The maximum Gasteiger partial charge on any atom is 0.326 e. The minimum Gasteiger partial charge on any atom is -0.481 e. The van der Waals surface area contributed by atoms with Gasteiger partial charge in [0.05, 0.1) is 18.8 Å². The molecule has 422 valence electrons. The van der Waals surface area contributed by atoms with Crippen LogP contribution in [0.2, 0.25) is 0 Å². The van der Waals surface area contributed by atoms with Gasteiger partial charge in [0.15, 0.2) is 5.96 Å². The Balaban J connectivity index is 3.48. The molecule has 29 nitrogen and oxygen atoms in total. The number of nitrogens with zero attached hydrogens (tertiary/aromatic N) is 2. The molecule has 1 aromatic rings. The minimum absolute atomic E-state index is 0.00414. The Morgan fingerprint density at radius 2 is 1.05 bits per heavy atom. The first-order chi connectivity index (χ1) is 35.1. The van der Waals surface area contributed by atoms with Crippen molar-refractivity contribution >= 4 is 71.1 Å². The summed E-state index contributed by atoms with van der Waals surface area (Å²) >= 11 is 0. The number of nitrogens with one attached hydrogen (secondary N) is 9. The third-order valence-corrected chi connectivity index (χ3v) is 11.3. The number of carboxylic acid groups (broad SMARTS) is 2. The Morgan fingerprint density at radius 3 is 1.51 bits per heavy atom. The van der Waals surface area contributed by atoms with E-state index in [2.05, 4.69) is 57.5 Å². The summed E-state index contributed by atoms with van der Waals surface area (Å²) in [6.45, 7) is 11.5. The zero-order valence-corrected chi connectivity index (χ0v) is 43.7. The van der Waals surface area contributed by atoms with E-state index in [0.717, 1.165) is 0 Å². The number of amides is 9. The molecule has 9 atom stereocenters. The van der Waals surface area contributed by atoms with Gasteiger partial charge in [-0.2, -0.15) is 0 Å². The summed E-state index contributed by atoms with van der Waals surface area (Å²) in [6, 6.07) is -12.4. The standard InChI is InChI=1S/C46H80N16O13/c1-22(2)17-30(40(69)60-32(19-33(49)63)42(71)62-36(24(5)6)44(73)57-29(45(74)75)13-14-34(64)65)58-38(67)27(11-8-9-15-47)56-43(72)35(23(3)4)61-41(70)31(18-26-20-52-21-54-26)59-39(68)28(55-37(66)25(7)48)12-10-16-53-46(50)51/h20-25,27-32,35-36H,8-19,47-48H2,1-7H3,(H2,49,63)(H,52,54)(H,55,66)(H,56,72)(H,57,73)(H,58,67)(H,59,68)(H,60,69)(H,61,70)(H,62,71)(H,64,65)(H,74,75)(H4,50,51,53)/t25-,27-,28-,29-,30-,31-,32-,35-,36-/m0/s1. The smallest absolute Gasteiger partial charge is 0.326 e. The van der Waals surface area contributed by atoms with E-state index in [9.17, 15) is 57.8 Å². The molecule has 0 fully saturated rings. The number of primary amides is 1. The highest BCUT2D eigenvalue weighted by atomic mass is 16.4. The van der Waals surface area contributed by atoms with Gasteiger partial charge in [-0.05, 0) is 76.2 Å². The molecule has 21 N–H and O–H groups in total. The number of unbranched alkanes of at least 4 members (excludes halogenated alkanes) is 1. The summed E-state index contributed by atoms with van der Waals surface area (Å²) < 4.78 is 0. The fourth-order valence-electron chi connectivity index (χ4n) is 7.22. The maximum absolute atomic E-state index is 14.2. The van der Waals surface area contributed by atoms with E-state index < -0.39 is 151 Å². The van der Waals surface area contributed by atoms with Crippen LogP contribution in [0.3, 0.4) is 0 Å². The molecule has 0 aromatic carbocycles. The summed E-state index contributed by atoms with van der Waals surface area (Å²) in [4.78, 5) is 156. The van der Waals surface area contributed by atoms with Gasteiger partial charge in [0.1, 0.15) is 48.3 Å². The third kappa shape index (κ3) is 25.4. The highest BCUT2D eigenvalue weighted by Crippen LogP contribution is 2.13. The van der Waals surface area contributed by atoms with Crippen LogP contribution in [0.1, 0.15) is 112 Å². The summed E-state index contributed by atoms with van der Waals surface area (Å²) in [7, 11) is 0. The molecule has 0 bridgehead atoms. The molecule has 0 spiro atoms. The second-order valence-corrected chi connectivity index (χ2v) is 19.2. The lowest BCUT2D eigenvalue weighted by Crippen LogP contribution is -2.61. The number of aromatic amines is 1. The molecule has 0 saturated carbocycles. The fourth-order valence-corrected chi connectivity index (χ4v) is 7.22. The van der Waals surface area contributed by atoms with Gasteiger partial charge in [-0.1, -0.05) is 41.5 Å². The zero-order valence-electron chi connectivity index (χ0n) is 43.7. The predicted molar refractivity (Wildman–Crippen MR) is 272 cm³/mol. The van der Waals surface area contributed by atoms with Gasteiger partial charge in [-0.15, -0.1) is 0 Å². The molecule has 0 aliphatic rings. The van der Waals surface area contributed by atoms with Gasteiger partial charge in [-0.25, -0.2) is 9.78 Å². The van der Waals surface area contributed by atoms with Crippen molar-refractivity contribution in [2.24, 2.45) is 51.4 Å². The summed E-state index contributed by atoms with van der Waals surface area (Å²) in [5.74, 6) is -12.6. The third-order valence-electron chi connectivity index (χ3n) is 11.3. The molecule has 0 radical (unpaired) electrons. The van der Waals surface area contributed by atoms with Gasteiger partial charge in [0.2, 0.25) is 53.2 Å². The van der Waals surface area contributed by atoms with Crippen molar-refractivity contribution in [2.45, 2.75) is 167 Å². The number of carbonyl (C=O) groups excluding carboxylic acids is 9. The van der Waals surface area contributed by atoms with Crippen LogP contribution in [0, 0.1) is 17.8 Å². The Bertz CT molecular complexity index is 2110. The van der Waals surface area contributed by atoms with E-state index in [0.29, 0.717) is 18.5 Å². The number of carboxylic acids is 2. The van der Waals surface area contributed by atoms with Crippen LogP contribution in [-0.2, 0) is 59.2 Å². The highest BCUT2D eigenvalue weighted by molar-refractivity contribution is 5.99. The van der Waals surface area contributed by atoms with Crippen molar-refractivity contribution in [1.82, 2.24) is 52.5 Å². The summed E-state index contributed by atoms with van der Waals surface area (Å²) in [5.41, 5.74) is 28.2. The van der Waals surface area contributed by atoms with Gasteiger partial charge >= 0.3 is 11.9 Å². The maximum atomic E-state index is 14.2. The average Bonchev–Trinajstić information content (AvgIpc) is 3.83. The first-order valence-electron chi connectivity index (χ1n) is 24.7. The highest BCUT2D eigenvalue weighted by Gasteiger charge is 2.37. The number of guanidine groups is 1. The molecule has 29 heteroatoms. The first-order valence-corrected chi connectivity index (χ1v) is 24.7. The van der Waals surface area contributed by atoms with Crippen molar-refractivity contribution in [3.63, 3.8) is 0 Å². The number of carbonyl (C=O) groups is 11. The zero-order chi connectivity index (χ0) is 57.1. The monoisotopic (exact) mass is 1060 g/mol. The molecule has 1 heterocycles. The number of rotatable bonds is 36. The fraction of sp³-hybridized carbons (Fsp3) is 0.674. The molecule has 0 aliphatic heterocycles.